The summed E-state index contributed by atoms with van der Waals surface area (Å²) < 4.78 is 1.36. The lowest BCUT2D eigenvalue weighted by Gasteiger charge is -1.97. The second kappa shape index (κ2) is 5.43. The Morgan fingerprint density at radius 1 is 1.45 bits per heavy atom. The fourth-order valence-corrected chi connectivity index (χ4v) is 3.66. The van der Waals surface area contributed by atoms with Crippen LogP contribution in [0.15, 0.2) is 33.5 Å². The highest BCUT2D eigenvalue weighted by atomic mass is 35.5. The van der Waals surface area contributed by atoms with Gasteiger partial charge in [0, 0.05) is 18.0 Å². The van der Waals surface area contributed by atoms with Crippen LogP contribution in [-0.4, -0.2) is 20.1 Å². The van der Waals surface area contributed by atoms with Crippen molar-refractivity contribution in [2.75, 3.05) is 0 Å². The first-order valence-corrected chi connectivity index (χ1v) is 7.76. The number of hydrogen-bond donors (Lipinski definition) is 2. The van der Waals surface area contributed by atoms with Crippen LogP contribution in [-0.2, 0) is 5.75 Å². The maximum absolute atomic E-state index is 11.2. The van der Waals surface area contributed by atoms with Crippen LogP contribution in [0.3, 0.4) is 0 Å². The number of hydrogen-bond acceptors (Lipinski definition) is 6. The second-order valence-electron chi connectivity index (χ2n) is 3.95. The molecule has 5 nitrogen and oxygen atoms in total. The Morgan fingerprint density at radius 3 is 3.05 bits per heavy atom. The molecule has 0 saturated carbocycles. The Balaban J connectivity index is 1.83. The van der Waals surface area contributed by atoms with Gasteiger partial charge in [-0.2, -0.15) is 0 Å². The first kappa shape index (κ1) is 13.4. The maximum Gasteiger partial charge on any atom is 0.253 e. The van der Waals surface area contributed by atoms with Gasteiger partial charge in [0.1, 0.15) is 15.6 Å². The van der Waals surface area contributed by atoms with Crippen molar-refractivity contribution in [2.24, 2.45) is 0 Å². The molecular formula is C12H8ClN3O2S2. The molecule has 3 aromatic rings. The molecule has 102 valence electrons. The van der Waals surface area contributed by atoms with E-state index in [1.807, 2.05) is 6.07 Å². The quantitative estimate of drug-likeness (QED) is 0.571. The molecule has 0 aliphatic rings. The predicted octanol–water partition coefficient (Wildman–Crippen LogP) is 3.03. The summed E-state index contributed by atoms with van der Waals surface area (Å²) >= 11 is 8.58. The molecule has 0 aromatic carbocycles. The van der Waals surface area contributed by atoms with Crippen LogP contribution in [0.5, 0.6) is 5.75 Å². The molecule has 0 unspecified atom stereocenters. The van der Waals surface area contributed by atoms with Gasteiger partial charge >= 0.3 is 0 Å². The van der Waals surface area contributed by atoms with Gasteiger partial charge < -0.3 is 10.1 Å². The summed E-state index contributed by atoms with van der Waals surface area (Å²) in [5, 5.41) is 10.2. The summed E-state index contributed by atoms with van der Waals surface area (Å²) in [5.74, 6) is 0.649. The normalized spacial score (nSPS) is 11.1. The number of nitrogens with one attached hydrogen (secondary N) is 1. The van der Waals surface area contributed by atoms with Gasteiger partial charge in [-0.25, -0.2) is 9.97 Å². The minimum Gasteiger partial charge on any atom is -0.506 e. The largest absolute Gasteiger partial charge is 0.506 e. The SMILES string of the molecule is O=c1cc(O)c2sc(SCc3ccc(Cl)nc3)nc2[nH]1. The lowest BCUT2D eigenvalue weighted by atomic mass is 10.3. The highest BCUT2D eigenvalue weighted by molar-refractivity contribution is 8.00. The Hall–Kier alpha value is -1.57. The van der Waals surface area contributed by atoms with Gasteiger partial charge in [0.05, 0.1) is 0 Å². The highest BCUT2D eigenvalue weighted by Crippen LogP contribution is 2.34. The number of thioether (sulfide) groups is 1. The van der Waals surface area contributed by atoms with Crippen molar-refractivity contribution >= 4 is 45.0 Å². The van der Waals surface area contributed by atoms with E-state index >= 15 is 0 Å². The van der Waals surface area contributed by atoms with Crippen molar-refractivity contribution < 1.29 is 5.11 Å². The molecule has 0 aliphatic heterocycles. The zero-order valence-corrected chi connectivity index (χ0v) is 12.3. The number of rotatable bonds is 3. The van der Waals surface area contributed by atoms with E-state index in [9.17, 15) is 9.90 Å². The molecule has 0 fully saturated rings. The van der Waals surface area contributed by atoms with Crippen molar-refractivity contribution in [3.05, 3.63) is 45.5 Å². The summed E-state index contributed by atoms with van der Waals surface area (Å²) in [4.78, 5) is 22.1. The van der Waals surface area contributed by atoms with E-state index in [-0.39, 0.29) is 11.3 Å². The van der Waals surface area contributed by atoms with E-state index in [1.54, 1.807) is 12.3 Å². The summed E-state index contributed by atoms with van der Waals surface area (Å²) in [6, 6.07) is 4.78. The molecule has 0 spiro atoms. The number of nitrogens with zero attached hydrogens (tertiary/aromatic N) is 2. The lowest BCUT2D eigenvalue weighted by Crippen LogP contribution is -2.02. The predicted molar refractivity (Wildman–Crippen MR) is 80.7 cm³/mol. The summed E-state index contributed by atoms with van der Waals surface area (Å²) in [7, 11) is 0. The molecule has 0 amide bonds. The molecule has 0 radical (unpaired) electrons. The van der Waals surface area contributed by atoms with Gasteiger partial charge in [-0.15, -0.1) is 11.3 Å². The fraction of sp³-hybridized carbons (Fsp3) is 0.0833. The number of fused-ring (bicyclic) bond motifs is 1. The van der Waals surface area contributed by atoms with E-state index in [2.05, 4.69) is 15.0 Å². The van der Waals surface area contributed by atoms with E-state index in [1.165, 1.54) is 23.1 Å². The van der Waals surface area contributed by atoms with Crippen LogP contribution in [0.1, 0.15) is 5.56 Å². The Labute approximate surface area is 126 Å². The average molecular weight is 326 g/mol. The molecule has 3 heterocycles. The first-order chi connectivity index (χ1) is 9.61. The number of thiazole rings is 1. The van der Waals surface area contributed by atoms with E-state index in [0.717, 1.165) is 16.0 Å². The lowest BCUT2D eigenvalue weighted by molar-refractivity contribution is 0.481. The highest BCUT2D eigenvalue weighted by Gasteiger charge is 2.10. The van der Waals surface area contributed by atoms with Crippen molar-refractivity contribution in [3.8, 4) is 5.75 Å². The summed E-state index contributed by atoms with van der Waals surface area (Å²) in [6.07, 6.45) is 1.71. The monoisotopic (exact) mass is 325 g/mol. The van der Waals surface area contributed by atoms with E-state index in [0.29, 0.717) is 21.3 Å². The number of aromatic nitrogens is 3. The molecule has 3 aromatic heterocycles. The Kier molecular flexibility index (Phi) is 3.64. The molecule has 3 rings (SSSR count). The Bertz CT molecular complexity index is 814. The van der Waals surface area contributed by atoms with Gasteiger partial charge in [-0.3, -0.25) is 4.79 Å². The molecule has 8 heteroatoms. The molecule has 0 saturated heterocycles. The van der Waals surface area contributed by atoms with Gasteiger partial charge in [0.25, 0.3) is 5.56 Å². The molecular weight excluding hydrogens is 318 g/mol. The zero-order chi connectivity index (χ0) is 14.1. The molecule has 0 atom stereocenters. The van der Waals surface area contributed by atoms with Gasteiger partial charge in [0.15, 0.2) is 9.99 Å². The third-order valence-electron chi connectivity index (χ3n) is 2.50. The Morgan fingerprint density at radius 2 is 2.30 bits per heavy atom. The topological polar surface area (TPSA) is 78.9 Å². The molecule has 0 bridgehead atoms. The standard InChI is InChI=1S/C12H8ClN3O2S2/c13-8-2-1-6(4-14-8)5-19-12-16-11-10(20-12)7(17)3-9(18)15-11/h1-4H,5H2,(H2,15,17,18). The summed E-state index contributed by atoms with van der Waals surface area (Å²) in [5.41, 5.74) is 1.08. The fourth-order valence-electron chi connectivity index (χ4n) is 1.60. The van der Waals surface area contributed by atoms with Crippen LogP contribution in [0.25, 0.3) is 10.3 Å². The zero-order valence-electron chi connectivity index (χ0n) is 9.96. The van der Waals surface area contributed by atoms with Crippen molar-refractivity contribution in [3.63, 3.8) is 0 Å². The van der Waals surface area contributed by atoms with Crippen LogP contribution >= 0.6 is 34.7 Å². The molecule has 20 heavy (non-hydrogen) atoms. The van der Waals surface area contributed by atoms with Crippen LogP contribution in [0, 0.1) is 0 Å². The van der Waals surface area contributed by atoms with Gasteiger partial charge in [-0.1, -0.05) is 29.4 Å². The minimum atomic E-state index is -0.362. The minimum absolute atomic E-state index is 0.0405. The number of halogens is 1. The smallest absolute Gasteiger partial charge is 0.253 e. The number of pyridine rings is 2. The van der Waals surface area contributed by atoms with Crippen molar-refractivity contribution in [2.45, 2.75) is 10.1 Å². The van der Waals surface area contributed by atoms with Crippen LogP contribution in [0.2, 0.25) is 5.15 Å². The van der Waals surface area contributed by atoms with Gasteiger partial charge in [-0.05, 0) is 11.6 Å². The number of aromatic hydroxyl groups is 1. The third-order valence-corrected chi connectivity index (χ3v) is 5.02. The third kappa shape index (κ3) is 2.79. The average Bonchev–Trinajstić information content (AvgIpc) is 2.81. The molecule has 2 N–H and O–H groups in total. The number of H-pyrrole nitrogens is 1. The van der Waals surface area contributed by atoms with Gasteiger partial charge in [0.2, 0.25) is 0 Å². The van der Waals surface area contributed by atoms with Crippen LogP contribution < -0.4 is 5.56 Å². The van der Waals surface area contributed by atoms with Crippen molar-refractivity contribution in [1.82, 2.24) is 15.0 Å². The maximum atomic E-state index is 11.2. The second-order valence-corrected chi connectivity index (χ2v) is 6.56. The summed E-state index contributed by atoms with van der Waals surface area (Å²) in [6.45, 7) is 0. The number of aromatic amines is 1. The first-order valence-electron chi connectivity index (χ1n) is 5.58. The molecule has 0 aliphatic carbocycles. The van der Waals surface area contributed by atoms with Crippen LogP contribution in [0.4, 0.5) is 0 Å². The van der Waals surface area contributed by atoms with Crippen molar-refractivity contribution in [1.29, 1.82) is 0 Å². The van der Waals surface area contributed by atoms with E-state index in [4.69, 9.17) is 11.6 Å². The van der Waals surface area contributed by atoms with E-state index < -0.39 is 0 Å².